The molecule has 0 saturated heterocycles. The van der Waals surface area contributed by atoms with Gasteiger partial charge >= 0.3 is 5.97 Å². The number of primary amides is 1. The molecule has 0 unspecified atom stereocenters. The molecule has 0 saturated carbocycles. The maximum Gasteiger partial charge on any atom is 0.335 e. The van der Waals surface area contributed by atoms with Gasteiger partial charge in [-0.25, -0.2) is 9.18 Å². The second-order valence-electron chi connectivity index (χ2n) is 6.76. The average molecular weight is 415 g/mol. The number of rotatable bonds is 9. The van der Waals surface area contributed by atoms with Crippen LogP contribution in [-0.2, 0) is 27.2 Å². The van der Waals surface area contributed by atoms with Gasteiger partial charge in [-0.1, -0.05) is 24.3 Å². The van der Waals surface area contributed by atoms with E-state index in [1.807, 2.05) is 0 Å². The van der Waals surface area contributed by atoms with E-state index in [-0.39, 0.29) is 18.4 Å². The van der Waals surface area contributed by atoms with Gasteiger partial charge in [-0.15, -0.1) is 0 Å². The molecular weight excluding hydrogens is 393 g/mol. The van der Waals surface area contributed by atoms with Gasteiger partial charge < -0.3 is 21.5 Å². The number of hydrogen-bond donors (Lipinski definition) is 4. The molecule has 158 valence electrons. The van der Waals surface area contributed by atoms with E-state index in [9.17, 15) is 23.6 Å². The molecule has 3 amide bonds. The highest BCUT2D eigenvalue weighted by atomic mass is 19.1. The van der Waals surface area contributed by atoms with Crippen molar-refractivity contribution in [3.63, 3.8) is 0 Å². The first kappa shape index (κ1) is 22.5. The fourth-order valence-electron chi connectivity index (χ4n) is 2.87. The molecule has 0 heterocycles. The number of carboxylic acids is 1. The van der Waals surface area contributed by atoms with E-state index in [4.69, 9.17) is 10.8 Å². The molecule has 0 aliphatic carbocycles. The normalized spacial score (nSPS) is 12.5. The Kier molecular flexibility index (Phi) is 7.62. The van der Waals surface area contributed by atoms with Crippen molar-refractivity contribution in [1.29, 1.82) is 0 Å². The largest absolute Gasteiger partial charge is 0.478 e. The summed E-state index contributed by atoms with van der Waals surface area (Å²) in [6.45, 7) is 1.24. The topological polar surface area (TPSA) is 139 Å². The zero-order valence-electron chi connectivity index (χ0n) is 16.2. The highest BCUT2D eigenvalue weighted by Gasteiger charge is 2.25. The molecule has 0 aromatic heterocycles. The number of amides is 3. The van der Waals surface area contributed by atoms with E-state index in [1.54, 1.807) is 6.07 Å². The number of carbonyl (C=O) groups is 4. The van der Waals surface area contributed by atoms with Crippen LogP contribution in [0.15, 0.2) is 48.5 Å². The Morgan fingerprint density at radius 2 is 1.60 bits per heavy atom. The quantitative estimate of drug-likeness (QED) is 0.479. The SMILES string of the molecule is CC(=O)N[C@@H](Cc1cccc(F)c1)C(=O)N[C@H](Cc1ccc(C(=O)O)cc1)C(N)=O. The molecule has 2 aromatic rings. The molecule has 0 aliphatic rings. The molecule has 2 rings (SSSR count). The van der Waals surface area contributed by atoms with Crippen LogP contribution in [0.1, 0.15) is 28.4 Å². The Morgan fingerprint density at radius 3 is 2.13 bits per heavy atom. The van der Waals surface area contributed by atoms with Gasteiger partial charge in [0, 0.05) is 19.8 Å². The minimum Gasteiger partial charge on any atom is -0.478 e. The molecule has 0 fully saturated rings. The van der Waals surface area contributed by atoms with Gasteiger partial charge in [-0.3, -0.25) is 14.4 Å². The lowest BCUT2D eigenvalue weighted by atomic mass is 10.0. The van der Waals surface area contributed by atoms with Crippen molar-refractivity contribution < 1.29 is 28.7 Å². The summed E-state index contributed by atoms with van der Waals surface area (Å²) in [5.74, 6) is -3.48. The zero-order chi connectivity index (χ0) is 22.3. The molecule has 5 N–H and O–H groups in total. The van der Waals surface area contributed by atoms with Gasteiger partial charge in [0.05, 0.1) is 5.56 Å². The minimum absolute atomic E-state index is 0.0158. The second kappa shape index (κ2) is 10.1. The third-order valence-corrected chi connectivity index (χ3v) is 4.32. The first-order chi connectivity index (χ1) is 14.2. The molecule has 9 heteroatoms. The number of aromatic carboxylic acids is 1. The Balaban J connectivity index is 2.13. The van der Waals surface area contributed by atoms with Gasteiger partial charge in [0.1, 0.15) is 17.9 Å². The summed E-state index contributed by atoms with van der Waals surface area (Å²) in [6, 6.07) is 9.27. The third kappa shape index (κ3) is 6.69. The molecule has 0 aliphatic heterocycles. The van der Waals surface area contributed by atoms with Gasteiger partial charge in [-0.05, 0) is 35.4 Å². The minimum atomic E-state index is -1.09. The first-order valence-corrected chi connectivity index (χ1v) is 9.09. The van der Waals surface area contributed by atoms with Crippen molar-refractivity contribution in [2.45, 2.75) is 31.8 Å². The molecule has 30 heavy (non-hydrogen) atoms. The van der Waals surface area contributed by atoms with Crippen LogP contribution in [0.3, 0.4) is 0 Å². The summed E-state index contributed by atoms with van der Waals surface area (Å²) >= 11 is 0. The van der Waals surface area contributed by atoms with E-state index in [0.29, 0.717) is 11.1 Å². The smallest absolute Gasteiger partial charge is 0.335 e. The van der Waals surface area contributed by atoms with Crippen LogP contribution in [-0.4, -0.2) is 40.9 Å². The third-order valence-electron chi connectivity index (χ3n) is 4.32. The van der Waals surface area contributed by atoms with Gasteiger partial charge in [0.2, 0.25) is 17.7 Å². The van der Waals surface area contributed by atoms with E-state index < -0.39 is 41.6 Å². The van der Waals surface area contributed by atoms with Crippen molar-refractivity contribution in [2.75, 3.05) is 0 Å². The monoisotopic (exact) mass is 415 g/mol. The molecule has 0 bridgehead atoms. The van der Waals surface area contributed by atoms with Crippen LogP contribution in [0.25, 0.3) is 0 Å². The van der Waals surface area contributed by atoms with Gasteiger partial charge in [0.25, 0.3) is 0 Å². The number of nitrogens with two attached hydrogens (primary N) is 1. The van der Waals surface area contributed by atoms with Crippen LogP contribution in [0, 0.1) is 5.82 Å². The summed E-state index contributed by atoms with van der Waals surface area (Å²) in [5, 5.41) is 13.9. The number of carboxylic acid groups (broad SMARTS) is 1. The van der Waals surface area contributed by atoms with Crippen molar-refractivity contribution >= 4 is 23.7 Å². The Labute approximate surface area is 172 Å². The molecule has 0 radical (unpaired) electrons. The van der Waals surface area contributed by atoms with Crippen LogP contribution in [0.5, 0.6) is 0 Å². The lowest BCUT2D eigenvalue weighted by molar-refractivity contribution is -0.130. The maximum absolute atomic E-state index is 13.4. The average Bonchev–Trinajstić information content (AvgIpc) is 2.67. The number of hydrogen-bond acceptors (Lipinski definition) is 4. The summed E-state index contributed by atoms with van der Waals surface area (Å²) in [4.78, 5) is 47.0. The number of halogens is 1. The number of benzene rings is 2. The Morgan fingerprint density at radius 1 is 0.967 bits per heavy atom. The van der Waals surface area contributed by atoms with E-state index in [0.717, 1.165) is 0 Å². The van der Waals surface area contributed by atoms with Crippen molar-refractivity contribution in [1.82, 2.24) is 10.6 Å². The lowest BCUT2D eigenvalue weighted by Crippen LogP contribution is -2.54. The molecule has 8 nitrogen and oxygen atoms in total. The zero-order valence-corrected chi connectivity index (χ0v) is 16.2. The van der Waals surface area contributed by atoms with Crippen LogP contribution < -0.4 is 16.4 Å². The fraction of sp³-hybridized carbons (Fsp3) is 0.238. The Bertz CT molecular complexity index is 946. The van der Waals surface area contributed by atoms with Gasteiger partial charge in [-0.2, -0.15) is 0 Å². The molecule has 2 atom stereocenters. The summed E-state index contributed by atoms with van der Waals surface area (Å²) < 4.78 is 13.4. The molecule has 0 spiro atoms. The predicted molar refractivity (Wildman–Crippen MR) is 106 cm³/mol. The van der Waals surface area contributed by atoms with Crippen LogP contribution >= 0.6 is 0 Å². The van der Waals surface area contributed by atoms with E-state index in [2.05, 4.69) is 10.6 Å². The number of nitrogens with one attached hydrogen (secondary N) is 2. The summed E-state index contributed by atoms with van der Waals surface area (Å²) in [5.41, 5.74) is 6.56. The Hall–Kier alpha value is -3.75. The van der Waals surface area contributed by atoms with E-state index in [1.165, 1.54) is 49.4 Å². The predicted octanol–water partition coefficient (Wildman–Crippen LogP) is 0.784. The van der Waals surface area contributed by atoms with Crippen LogP contribution in [0.2, 0.25) is 0 Å². The summed E-state index contributed by atoms with van der Waals surface area (Å²) in [6.07, 6.45) is 0.0513. The van der Waals surface area contributed by atoms with E-state index >= 15 is 0 Å². The van der Waals surface area contributed by atoms with Crippen LogP contribution in [0.4, 0.5) is 4.39 Å². The highest BCUT2D eigenvalue weighted by Crippen LogP contribution is 2.10. The standard InChI is InChI=1S/C21H22FN3O5/c1-12(26)24-18(11-14-3-2-4-16(22)9-14)20(28)25-17(19(23)27)10-13-5-7-15(8-6-13)21(29)30/h2-9,17-18H,10-11H2,1H3,(H2,23,27)(H,24,26)(H,25,28)(H,29,30)/t17-,18+/m1/s1. The number of carbonyl (C=O) groups excluding carboxylic acids is 3. The fourth-order valence-corrected chi connectivity index (χ4v) is 2.87. The second-order valence-corrected chi connectivity index (χ2v) is 6.76. The first-order valence-electron chi connectivity index (χ1n) is 9.09. The van der Waals surface area contributed by atoms with Gasteiger partial charge in [0.15, 0.2) is 0 Å². The maximum atomic E-state index is 13.4. The van der Waals surface area contributed by atoms with Crippen molar-refractivity contribution in [2.24, 2.45) is 5.73 Å². The lowest BCUT2D eigenvalue weighted by Gasteiger charge is -2.22. The molecular formula is C21H22FN3O5. The molecule has 2 aromatic carbocycles. The highest BCUT2D eigenvalue weighted by molar-refractivity contribution is 5.91. The van der Waals surface area contributed by atoms with Crippen molar-refractivity contribution in [3.05, 3.63) is 71.0 Å². The van der Waals surface area contributed by atoms with Crippen molar-refractivity contribution in [3.8, 4) is 0 Å². The summed E-state index contributed by atoms with van der Waals surface area (Å²) in [7, 11) is 0.